The average molecular weight is 298 g/mol. The predicted octanol–water partition coefficient (Wildman–Crippen LogP) is 1.26. The van der Waals surface area contributed by atoms with Gasteiger partial charge in [0.15, 0.2) is 0 Å². The Kier molecular flexibility index (Phi) is 5.21. The van der Waals surface area contributed by atoms with Gasteiger partial charge in [0.25, 0.3) is 0 Å². The number of ether oxygens (including phenoxy) is 1. The molecule has 1 heterocycles. The van der Waals surface area contributed by atoms with Crippen molar-refractivity contribution in [2.24, 2.45) is 0 Å². The van der Waals surface area contributed by atoms with E-state index in [1.54, 1.807) is 0 Å². The van der Waals surface area contributed by atoms with Crippen LogP contribution in [0.15, 0.2) is 0 Å². The van der Waals surface area contributed by atoms with Crippen molar-refractivity contribution in [2.45, 2.75) is 44.0 Å². The van der Waals surface area contributed by atoms with E-state index >= 15 is 0 Å². The van der Waals surface area contributed by atoms with Crippen LogP contribution in [0.2, 0.25) is 0 Å². The third-order valence-corrected chi connectivity index (χ3v) is 3.12. The number of carboxylic acid groups (broad SMARTS) is 1. The molecule has 0 aromatic carbocycles. The number of carboxylic acids is 1. The van der Waals surface area contributed by atoms with Gasteiger partial charge in [-0.25, -0.2) is 9.59 Å². The van der Waals surface area contributed by atoms with Crippen LogP contribution in [0.5, 0.6) is 0 Å². The average Bonchev–Trinajstić information content (AvgIpc) is 2.36. The summed E-state index contributed by atoms with van der Waals surface area (Å²) in [7, 11) is 0. The fourth-order valence-corrected chi connectivity index (χ4v) is 1.69. The van der Waals surface area contributed by atoms with Crippen molar-refractivity contribution >= 4 is 12.0 Å². The molecule has 116 valence electrons. The highest BCUT2D eigenvalue weighted by molar-refractivity contribution is 5.86. The number of alkyl halides is 3. The van der Waals surface area contributed by atoms with Gasteiger partial charge in [-0.2, -0.15) is 13.2 Å². The van der Waals surface area contributed by atoms with Crippen LogP contribution >= 0.6 is 0 Å². The molecule has 9 heteroatoms. The summed E-state index contributed by atoms with van der Waals surface area (Å²) in [6.45, 7) is 0.981. The molecule has 0 saturated carbocycles. The molecule has 2 unspecified atom stereocenters. The maximum Gasteiger partial charge on any atom is 0.422 e. The molecule has 1 aliphatic rings. The van der Waals surface area contributed by atoms with Gasteiger partial charge in [-0.15, -0.1) is 0 Å². The lowest BCUT2D eigenvalue weighted by atomic mass is 10.0. The van der Waals surface area contributed by atoms with Crippen molar-refractivity contribution in [3.05, 3.63) is 0 Å². The first-order chi connectivity index (χ1) is 9.17. The summed E-state index contributed by atoms with van der Waals surface area (Å²) in [5.41, 5.74) is -3.33. The van der Waals surface area contributed by atoms with Crippen molar-refractivity contribution in [2.75, 3.05) is 13.2 Å². The zero-order valence-corrected chi connectivity index (χ0v) is 10.9. The molecule has 6 nitrogen and oxygen atoms in total. The van der Waals surface area contributed by atoms with Crippen molar-refractivity contribution < 1.29 is 32.6 Å². The van der Waals surface area contributed by atoms with E-state index in [2.05, 4.69) is 5.32 Å². The number of carbonyl (C=O) groups excluding carboxylic acids is 1. The minimum Gasteiger partial charge on any atom is -0.479 e. The smallest absolute Gasteiger partial charge is 0.422 e. The first kappa shape index (κ1) is 16.5. The number of aliphatic carboxylic acids is 1. The van der Waals surface area contributed by atoms with Gasteiger partial charge >= 0.3 is 18.2 Å². The Hall–Kier alpha value is -1.51. The Morgan fingerprint density at radius 1 is 1.35 bits per heavy atom. The quantitative estimate of drug-likeness (QED) is 0.729. The summed E-state index contributed by atoms with van der Waals surface area (Å²) in [6, 6.07) is -1.19. The molecular formula is C11H17F3N2O4. The number of halogens is 3. The number of nitrogens with one attached hydrogen (secondary N) is 2. The zero-order chi connectivity index (χ0) is 15.4. The van der Waals surface area contributed by atoms with Gasteiger partial charge in [0.05, 0.1) is 6.10 Å². The molecule has 0 bridgehead atoms. The van der Waals surface area contributed by atoms with Gasteiger partial charge in [-0.3, -0.25) is 0 Å². The van der Waals surface area contributed by atoms with Crippen molar-refractivity contribution in [1.82, 2.24) is 10.6 Å². The SMILES string of the molecule is CC(NC(=O)NCC1CCCCO1)(C(=O)O)C(F)(F)F. The Morgan fingerprint density at radius 3 is 2.45 bits per heavy atom. The number of rotatable bonds is 4. The van der Waals surface area contributed by atoms with E-state index in [9.17, 15) is 22.8 Å². The minimum absolute atomic E-state index is 0.0411. The normalized spacial score (nSPS) is 22.7. The van der Waals surface area contributed by atoms with Gasteiger partial charge in [0.2, 0.25) is 5.54 Å². The van der Waals surface area contributed by atoms with Crippen LogP contribution in [0.1, 0.15) is 26.2 Å². The van der Waals surface area contributed by atoms with E-state index in [1.807, 2.05) is 0 Å². The molecule has 2 amide bonds. The van der Waals surface area contributed by atoms with Crippen molar-refractivity contribution in [1.29, 1.82) is 0 Å². The highest BCUT2D eigenvalue weighted by atomic mass is 19.4. The van der Waals surface area contributed by atoms with E-state index in [-0.39, 0.29) is 12.6 Å². The van der Waals surface area contributed by atoms with Crippen LogP contribution in [-0.4, -0.2) is 48.1 Å². The first-order valence-electron chi connectivity index (χ1n) is 6.14. The monoisotopic (exact) mass is 298 g/mol. The zero-order valence-electron chi connectivity index (χ0n) is 10.9. The second-order valence-corrected chi connectivity index (χ2v) is 4.75. The summed E-state index contributed by atoms with van der Waals surface area (Å²) >= 11 is 0. The molecule has 0 aromatic heterocycles. The lowest BCUT2D eigenvalue weighted by Gasteiger charge is -2.29. The topological polar surface area (TPSA) is 87.7 Å². The van der Waals surface area contributed by atoms with Gasteiger partial charge in [0.1, 0.15) is 0 Å². The molecule has 1 aliphatic heterocycles. The molecule has 1 fully saturated rings. The van der Waals surface area contributed by atoms with Crippen LogP contribution in [-0.2, 0) is 9.53 Å². The largest absolute Gasteiger partial charge is 0.479 e. The van der Waals surface area contributed by atoms with Crippen LogP contribution in [0.3, 0.4) is 0 Å². The van der Waals surface area contributed by atoms with E-state index in [0.29, 0.717) is 20.0 Å². The van der Waals surface area contributed by atoms with Crippen molar-refractivity contribution in [3.63, 3.8) is 0 Å². The van der Waals surface area contributed by atoms with Gasteiger partial charge in [-0.1, -0.05) is 0 Å². The summed E-state index contributed by atoms with van der Waals surface area (Å²) in [4.78, 5) is 22.1. The van der Waals surface area contributed by atoms with E-state index < -0.39 is 23.7 Å². The Balaban J connectivity index is 2.52. The van der Waals surface area contributed by atoms with E-state index in [4.69, 9.17) is 9.84 Å². The molecule has 0 aliphatic carbocycles. The highest BCUT2D eigenvalue weighted by Gasteiger charge is 2.58. The molecule has 20 heavy (non-hydrogen) atoms. The van der Waals surface area contributed by atoms with Crippen molar-refractivity contribution in [3.8, 4) is 0 Å². The summed E-state index contributed by atoms with van der Waals surface area (Å²) in [6.07, 6.45) is -2.82. The van der Waals surface area contributed by atoms with E-state index in [0.717, 1.165) is 12.8 Å². The maximum absolute atomic E-state index is 12.7. The molecular weight excluding hydrogens is 281 g/mol. The first-order valence-corrected chi connectivity index (χ1v) is 6.14. The Morgan fingerprint density at radius 2 is 2.00 bits per heavy atom. The lowest BCUT2D eigenvalue weighted by molar-refractivity contribution is -0.203. The molecule has 0 spiro atoms. The van der Waals surface area contributed by atoms with Crippen LogP contribution in [0, 0.1) is 0 Å². The number of hydrogen-bond acceptors (Lipinski definition) is 3. The lowest BCUT2D eigenvalue weighted by Crippen LogP contribution is -2.64. The van der Waals surface area contributed by atoms with E-state index in [1.165, 1.54) is 5.32 Å². The number of carbonyl (C=O) groups is 2. The summed E-state index contributed by atoms with van der Waals surface area (Å²) in [5, 5.41) is 12.3. The summed E-state index contributed by atoms with van der Waals surface area (Å²) < 4.78 is 43.3. The molecule has 1 saturated heterocycles. The molecule has 0 radical (unpaired) electrons. The third kappa shape index (κ3) is 3.99. The van der Waals surface area contributed by atoms with Gasteiger partial charge < -0.3 is 20.5 Å². The third-order valence-electron chi connectivity index (χ3n) is 3.12. The molecule has 1 rings (SSSR count). The second-order valence-electron chi connectivity index (χ2n) is 4.75. The van der Waals surface area contributed by atoms with Gasteiger partial charge in [0, 0.05) is 13.2 Å². The maximum atomic E-state index is 12.7. The fraction of sp³-hybridized carbons (Fsp3) is 0.818. The highest BCUT2D eigenvalue weighted by Crippen LogP contribution is 2.30. The van der Waals surface area contributed by atoms with Crippen LogP contribution < -0.4 is 10.6 Å². The Labute approximate surface area is 113 Å². The summed E-state index contributed by atoms with van der Waals surface area (Å²) in [5.74, 6) is -2.17. The Bertz CT molecular complexity index is 369. The second kappa shape index (κ2) is 6.29. The predicted molar refractivity (Wildman–Crippen MR) is 62.2 cm³/mol. The van der Waals surface area contributed by atoms with Crippen LogP contribution in [0.4, 0.5) is 18.0 Å². The number of hydrogen-bond donors (Lipinski definition) is 3. The standard InChI is InChI=1S/C11H17F3N2O4/c1-10(8(17)18,11(12,13)14)16-9(19)15-6-7-4-2-3-5-20-7/h7H,2-6H2,1H3,(H,17,18)(H2,15,16,19). The number of amides is 2. The van der Waals surface area contributed by atoms with Gasteiger partial charge in [-0.05, 0) is 26.2 Å². The molecule has 2 atom stereocenters. The van der Waals surface area contributed by atoms with Crippen LogP contribution in [0.25, 0.3) is 0 Å². The minimum atomic E-state index is -5.10. The molecule has 0 aromatic rings. The fourth-order valence-electron chi connectivity index (χ4n) is 1.69. The molecule has 3 N–H and O–H groups in total. The number of urea groups is 1.